The molecule has 0 fully saturated rings. The minimum absolute atomic E-state index is 0.0734. The van der Waals surface area contributed by atoms with Crippen molar-refractivity contribution in [3.05, 3.63) is 48.5 Å². The van der Waals surface area contributed by atoms with E-state index in [-0.39, 0.29) is 39.3 Å². The first kappa shape index (κ1) is 20.4. The van der Waals surface area contributed by atoms with Crippen LogP contribution in [-0.2, 0) is 0 Å². The van der Waals surface area contributed by atoms with E-state index in [4.69, 9.17) is 19.7 Å². The maximum atomic E-state index is 9.95. The van der Waals surface area contributed by atoms with Crippen LogP contribution in [0, 0.1) is 0 Å². The van der Waals surface area contributed by atoms with E-state index in [1.54, 1.807) is 0 Å². The second kappa shape index (κ2) is 9.71. The fourth-order valence-corrected chi connectivity index (χ4v) is 3.18. The van der Waals surface area contributed by atoms with Crippen LogP contribution in [0.3, 0.4) is 0 Å². The minimum atomic E-state index is -0.757. The maximum Gasteiger partial charge on any atom is 0.135 e. The molecule has 4 N–H and O–H groups in total. The molecule has 0 aliphatic rings. The Hall–Kier alpha value is -2.38. The monoisotopic (exact) mass is 386 g/mol. The number of fused-ring (bicyclic) bond motifs is 2. The summed E-state index contributed by atoms with van der Waals surface area (Å²) in [7, 11) is 0. The van der Waals surface area contributed by atoms with E-state index in [0.717, 1.165) is 21.5 Å². The van der Waals surface area contributed by atoms with Gasteiger partial charge in [0.25, 0.3) is 0 Å². The minimum Gasteiger partial charge on any atom is -0.490 e. The zero-order chi connectivity index (χ0) is 19.9. The Morgan fingerprint density at radius 1 is 0.607 bits per heavy atom. The summed E-state index contributed by atoms with van der Waals surface area (Å²) in [5.74, 6) is 1.29. The number of hydrogen-bond donors (Lipinski definition) is 4. The predicted octanol–water partition coefficient (Wildman–Crippen LogP) is 2.24. The topological polar surface area (TPSA) is 99.4 Å². The van der Waals surface area contributed by atoms with Crippen LogP contribution in [-0.4, -0.2) is 59.1 Å². The fraction of sp³-hybridized carbons (Fsp3) is 0.364. The summed E-state index contributed by atoms with van der Waals surface area (Å²) in [6.45, 7) is -0.0577. The highest BCUT2D eigenvalue weighted by Crippen LogP contribution is 2.42. The van der Waals surface area contributed by atoms with Gasteiger partial charge >= 0.3 is 0 Å². The van der Waals surface area contributed by atoms with Gasteiger partial charge in [-0.15, -0.1) is 0 Å². The summed E-state index contributed by atoms with van der Waals surface area (Å²) in [4.78, 5) is 0. The zero-order valence-corrected chi connectivity index (χ0v) is 15.6. The molecule has 0 amide bonds. The van der Waals surface area contributed by atoms with Crippen LogP contribution in [0.4, 0.5) is 0 Å². The maximum absolute atomic E-state index is 9.95. The van der Waals surface area contributed by atoms with Crippen LogP contribution < -0.4 is 9.47 Å². The highest BCUT2D eigenvalue weighted by atomic mass is 16.5. The van der Waals surface area contributed by atoms with E-state index in [9.17, 15) is 10.2 Å². The van der Waals surface area contributed by atoms with Gasteiger partial charge in [-0.3, -0.25) is 0 Å². The first-order valence-electron chi connectivity index (χ1n) is 9.42. The van der Waals surface area contributed by atoms with E-state index in [2.05, 4.69) is 0 Å². The normalized spacial score (nSPS) is 13.6. The number of aliphatic hydroxyl groups excluding tert-OH is 4. The third kappa shape index (κ3) is 4.54. The molecule has 0 saturated carbocycles. The molecule has 3 aromatic carbocycles. The van der Waals surface area contributed by atoms with Gasteiger partial charge in [0.2, 0.25) is 0 Å². The van der Waals surface area contributed by atoms with Crippen LogP contribution in [0.1, 0.15) is 12.8 Å². The lowest BCUT2D eigenvalue weighted by Gasteiger charge is -2.20. The number of benzene rings is 3. The lowest BCUT2D eigenvalue weighted by molar-refractivity contribution is 0.0823. The summed E-state index contributed by atoms with van der Waals surface area (Å²) >= 11 is 0. The predicted molar refractivity (Wildman–Crippen MR) is 108 cm³/mol. The summed E-state index contributed by atoms with van der Waals surface area (Å²) in [6.07, 6.45) is -1.02. The van der Waals surface area contributed by atoms with E-state index < -0.39 is 12.2 Å². The molecule has 0 aliphatic heterocycles. The number of rotatable bonds is 10. The van der Waals surface area contributed by atoms with Crippen LogP contribution >= 0.6 is 0 Å². The van der Waals surface area contributed by atoms with Gasteiger partial charge in [0.05, 0.1) is 12.2 Å². The van der Waals surface area contributed by atoms with Crippen molar-refractivity contribution in [3.8, 4) is 11.5 Å². The SMILES string of the molecule is OCCC(O)COc1c2ccccc2c(OCC(O)CCO)c2ccccc12. The second-order valence-electron chi connectivity index (χ2n) is 6.70. The highest BCUT2D eigenvalue weighted by Gasteiger charge is 2.17. The smallest absolute Gasteiger partial charge is 0.135 e. The van der Waals surface area contributed by atoms with Crippen LogP contribution in [0.15, 0.2) is 48.5 Å². The Bertz CT molecular complexity index is 779. The highest BCUT2D eigenvalue weighted by molar-refractivity contribution is 6.11. The average Bonchev–Trinajstić information content (AvgIpc) is 2.71. The van der Waals surface area contributed by atoms with Gasteiger partial charge in [-0.25, -0.2) is 0 Å². The third-order valence-corrected chi connectivity index (χ3v) is 4.60. The van der Waals surface area contributed by atoms with Crippen molar-refractivity contribution < 1.29 is 29.9 Å². The molecule has 0 aliphatic carbocycles. The molecule has 6 heteroatoms. The largest absolute Gasteiger partial charge is 0.490 e. The zero-order valence-electron chi connectivity index (χ0n) is 15.6. The Labute approximate surface area is 163 Å². The number of ether oxygens (including phenoxy) is 2. The van der Waals surface area contributed by atoms with Crippen molar-refractivity contribution in [2.24, 2.45) is 0 Å². The molecule has 3 rings (SSSR count). The van der Waals surface area contributed by atoms with Gasteiger partial charge in [0.15, 0.2) is 0 Å². The number of hydrogen-bond acceptors (Lipinski definition) is 6. The molecule has 0 heterocycles. The van der Waals surface area contributed by atoms with Gasteiger partial charge in [0.1, 0.15) is 24.7 Å². The van der Waals surface area contributed by atoms with Gasteiger partial charge in [-0.2, -0.15) is 0 Å². The summed E-state index contributed by atoms with van der Waals surface area (Å²) in [6, 6.07) is 15.3. The molecule has 2 unspecified atom stereocenters. The average molecular weight is 386 g/mol. The summed E-state index contributed by atoms with van der Waals surface area (Å²) in [5, 5.41) is 41.2. The molecule has 0 bridgehead atoms. The van der Waals surface area contributed by atoms with Crippen molar-refractivity contribution in [1.29, 1.82) is 0 Å². The first-order chi connectivity index (χ1) is 13.7. The molecule has 3 aromatic rings. The molecular formula is C22H26O6. The standard InChI is InChI=1S/C22H26O6/c23-11-9-15(25)13-27-21-17-5-1-2-6-18(17)22(28-14-16(26)10-12-24)20-8-4-3-7-19(20)21/h1-8,15-16,23-26H,9-14H2. The number of aliphatic hydroxyl groups is 4. The van der Waals surface area contributed by atoms with Crippen molar-refractivity contribution in [1.82, 2.24) is 0 Å². The van der Waals surface area contributed by atoms with Crippen molar-refractivity contribution >= 4 is 21.5 Å². The van der Waals surface area contributed by atoms with Crippen molar-refractivity contribution in [3.63, 3.8) is 0 Å². The van der Waals surface area contributed by atoms with Gasteiger partial charge in [-0.1, -0.05) is 48.5 Å². The molecule has 150 valence electrons. The van der Waals surface area contributed by atoms with E-state index >= 15 is 0 Å². The lowest BCUT2D eigenvalue weighted by atomic mass is 10.0. The van der Waals surface area contributed by atoms with E-state index in [0.29, 0.717) is 11.5 Å². The van der Waals surface area contributed by atoms with E-state index in [1.165, 1.54) is 0 Å². The van der Waals surface area contributed by atoms with Gasteiger partial charge < -0.3 is 29.9 Å². The second-order valence-corrected chi connectivity index (χ2v) is 6.70. The lowest BCUT2D eigenvalue weighted by Crippen LogP contribution is -2.19. The third-order valence-electron chi connectivity index (χ3n) is 4.60. The van der Waals surface area contributed by atoms with Crippen LogP contribution in [0.25, 0.3) is 21.5 Å². The molecule has 28 heavy (non-hydrogen) atoms. The molecule has 0 radical (unpaired) electrons. The molecule has 0 saturated heterocycles. The first-order valence-corrected chi connectivity index (χ1v) is 9.42. The Kier molecular flexibility index (Phi) is 7.06. The quantitative estimate of drug-likeness (QED) is 0.399. The van der Waals surface area contributed by atoms with Crippen LogP contribution in [0.5, 0.6) is 11.5 Å². The van der Waals surface area contributed by atoms with Gasteiger partial charge in [-0.05, 0) is 12.8 Å². The van der Waals surface area contributed by atoms with E-state index in [1.807, 2.05) is 48.5 Å². The fourth-order valence-electron chi connectivity index (χ4n) is 3.18. The summed E-state index contributed by atoms with van der Waals surface area (Å²) in [5.41, 5.74) is 0. The van der Waals surface area contributed by atoms with Gasteiger partial charge in [0, 0.05) is 34.8 Å². The molecule has 0 aromatic heterocycles. The van der Waals surface area contributed by atoms with Crippen LogP contribution in [0.2, 0.25) is 0 Å². The molecule has 6 nitrogen and oxygen atoms in total. The van der Waals surface area contributed by atoms with Crippen molar-refractivity contribution in [2.75, 3.05) is 26.4 Å². The molecular weight excluding hydrogens is 360 g/mol. The Balaban J connectivity index is 2.05. The molecule has 2 atom stereocenters. The summed E-state index contributed by atoms with van der Waals surface area (Å²) < 4.78 is 11.9. The molecule has 0 spiro atoms. The Morgan fingerprint density at radius 3 is 1.21 bits per heavy atom. The van der Waals surface area contributed by atoms with Crippen molar-refractivity contribution in [2.45, 2.75) is 25.0 Å². The Morgan fingerprint density at radius 2 is 0.929 bits per heavy atom.